The van der Waals surface area contributed by atoms with Crippen molar-refractivity contribution in [3.8, 4) is 22.6 Å². The van der Waals surface area contributed by atoms with Gasteiger partial charge in [-0.3, -0.25) is 14.6 Å². The molecule has 0 bridgehead atoms. The molecule has 0 saturated carbocycles. The van der Waals surface area contributed by atoms with Crippen molar-refractivity contribution in [2.75, 3.05) is 0 Å². The predicted octanol–water partition coefficient (Wildman–Crippen LogP) is 4.00. The third kappa shape index (κ3) is 2.77. The van der Waals surface area contributed by atoms with E-state index in [4.69, 9.17) is 9.15 Å². The van der Waals surface area contributed by atoms with Crippen molar-refractivity contribution in [2.24, 2.45) is 0 Å². The normalized spacial score (nSPS) is 15.7. The van der Waals surface area contributed by atoms with E-state index in [1.54, 1.807) is 30.6 Å². The number of hydrogen-bond donors (Lipinski definition) is 1. The first-order valence-electron chi connectivity index (χ1n) is 9.11. The molecule has 2 aromatic heterocycles. The quantitative estimate of drug-likeness (QED) is 0.414. The minimum atomic E-state index is -0.423. The number of phenolic OH excluding ortho intramolecular Hbond substituents is 1. The number of esters is 1. The topological polar surface area (TPSA) is 89.6 Å². The number of rotatable bonds is 2. The summed E-state index contributed by atoms with van der Waals surface area (Å²) in [7, 11) is 0. The first-order valence-corrected chi connectivity index (χ1v) is 9.11. The minimum Gasteiger partial charge on any atom is -0.507 e. The molecule has 0 radical (unpaired) electrons. The van der Waals surface area contributed by atoms with Crippen LogP contribution in [0.4, 0.5) is 0 Å². The molecular weight excluding hydrogens is 370 g/mol. The number of fused-ring (bicyclic) bond motifs is 3. The molecule has 142 valence electrons. The lowest BCUT2D eigenvalue weighted by Crippen LogP contribution is -2.22. The summed E-state index contributed by atoms with van der Waals surface area (Å²) in [5, 5.41) is 10.6. The summed E-state index contributed by atoms with van der Waals surface area (Å²) < 4.78 is 11.2. The number of carbonyl (C=O) groups is 1. The van der Waals surface area contributed by atoms with Gasteiger partial charge in [0.15, 0.2) is 0 Å². The molecule has 6 heteroatoms. The summed E-state index contributed by atoms with van der Waals surface area (Å²) in [6.45, 7) is 0. The first kappa shape index (κ1) is 17.2. The van der Waals surface area contributed by atoms with Crippen molar-refractivity contribution in [1.29, 1.82) is 0 Å². The van der Waals surface area contributed by atoms with Gasteiger partial charge in [-0.15, -0.1) is 0 Å². The molecule has 1 N–H and O–H groups in total. The molecule has 0 spiro atoms. The molecule has 1 aliphatic heterocycles. The van der Waals surface area contributed by atoms with Crippen molar-refractivity contribution in [2.45, 2.75) is 12.3 Å². The molecule has 29 heavy (non-hydrogen) atoms. The summed E-state index contributed by atoms with van der Waals surface area (Å²) in [5.74, 6) is -0.914. The van der Waals surface area contributed by atoms with Gasteiger partial charge >= 0.3 is 5.97 Å². The average Bonchev–Trinajstić information content (AvgIpc) is 2.74. The first-order chi connectivity index (χ1) is 14.1. The van der Waals surface area contributed by atoms with Crippen LogP contribution in [0.5, 0.6) is 11.5 Å². The maximum atomic E-state index is 13.2. The molecule has 6 nitrogen and oxygen atoms in total. The van der Waals surface area contributed by atoms with Gasteiger partial charge in [0, 0.05) is 29.9 Å². The molecule has 0 fully saturated rings. The number of carbonyl (C=O) groups excluding carboxylic acids is 1. The van der Waals surface area contributed by atoms with E-state index in [9.17, 15) is 14.7 Å². The van der Waals surface area contributed by atoms with Gasteiger partial charge in [-0.05, 0) is 17.2 Å². The Kier molecular flexibility index (Phi) is 3.91. The molecular formula is C23H15NO5. The fourth-order valence-corrected chi connectivity index (χ4v) is 3.82. The second-order valence-corrected chi connectivity index (χ2v) is 6.87. The van der Waals surface area contributed by atoms with Gasteiger partial charge in [0.25, 0.3) is 0 Å². The van der Waals surface area contributed by atoms with Gasteiger partial charge in [0.1, 0.15) is 28.7 Å². The Morgan fingerprint density at radius 1 is 1.07 bits per heavy atom. The second-order valence-electron chi connectivity index (χ2n) is 6.87. The van der Waals surface area contributed by atoms with Crippen molar-refractivity contribution in [3.63, 3.8) is 0 Å². The maximum absolute atomic E-state index is 13.2. The van der Waals surface area contributed by atoms with E-state index in [0.717, 1.165) is 5.56 Å². The van der Waals surface area contributed by atoms with Gasteiger partial charge < -0.3 is 14.3 Å². The Morgan fingerprint density at radius 2 is 1.90 bits per heavy atom. The average molecular weight is 385 g/mol. The number of phenols is 1. The van der Waals surface area contributed by atoms with Crippen LogP contribution in [-0.4, -0.2) is 16.1 Å². The summed E-state index contributed by atoms with van der Waals surface area (Å²) in [4.78, 5) is 29.5. The fraction of sp³-hybridized carbons (Fsp3) is 0.0870. The standard InChI is InChI=1S/C23H15NO5/c25-17-10-18-20(15(9-19(26)29-18)14-7-4-8-24-11-14)23-21(17)22(27)16(12-28-23)13-5-2-1-3-6-13/h1-8,10-12,15,25H,9H2/t15-/m0/s1. The number of benzene rings is 2. The second kappa shape index (κ2) is 6.60. The van der Waals surface area contributed by atoms with E-state index in [1.807, 2.05) is 24.3 Å². The highest BCUT2D eigenvalue weighted by molar-refractivity contribution is 5.94. The number of pyridine rings is 1. The Morgan fingerprint density at radius 3 is 2.66 bits per heavy atom. The molecule has 0 saturated heterocycles. The monoisotopic (exact) mass is 385 g/mol. The lowest BCUT2D eigenvalue weighted by molar-refractivity contribution is -0.135. The molecule has 3 heterocycles. The number of nitrogens with zero attached hydrogens (tertiary/aromatic N) is 1. The van der Waals surface area contributed by atoms with Crippen LogP contribution in [0.1, 0.15) is 23.5 Å². The molecule has 4 aromatic rings. The fourth-order valence-electron chi connectivity index (χ4n) is 3.82. The molecule has 5 rings (SSSR count). The smallest absolute Gasteiger partial charge is 0.312 e. The van der Waals surface area contributed by atoms with Crippen molar-refractivity contribution in [3.05, 3.63) is 88.5 Å². The lowest BCUT2D eigenvalue weighted by Gasteiger charge is -2.25. The third-order valence-electron chi connectivity index (χ3n) is 5.14. The van der Waals surface area contributed by atoms with Crippen molar-refractivity contribution in [1.82, 2.24) is 4.98 Å². The van der Waals surface area contributed by atoms with Gasteiger partial charge in [-0.2, -0.15) is 0 Å². The summed E-state index contributed by atoms with van der Waals surface area (Å²) in [5.41, 5.74) is 2.26. The van der Waals surface area contributed by atoms with Crippen molar-refractivity contribution < 1.29 is 19.1 Å². The molecule has 0 aliphatic carbocycles. The Labute approximate surface area is 165 Å². The van der Waals surface area contributed by atoms with Crippen LogP contribution >= 0.6 is 0 Å². The van der Waals surface area contributed by atoms with E-state index in [0.29, 0.717) is 16.7 Å². The van der Waals surface area contributed by atoms with Crippen LogP contribution in [-0.2, 0) is 4.79 Å². The van der Waals surface area contributed by atoms with Crippen LogP contribution in [0.2, 0.25) is 0 Å². The third-order valence-corrected chi connectivity index (χ3v) is 5.14. The lowest BCUT2D eigenvalue weighted by atomic mass is 9.85. The van der Waals surface area contributed by atoms with E-state index in [1.165, 1.54) is 12.3 Å². The van der Waals surface area contributed by atoms with E-state index in [2.05, 4.69) is 4.98 Å². The van der Waals surface area contributed by atoms with Crippen molar-refractivity contribution >= 4 is 16.9 Å². The largest absolute Gasteiger partial charge is 0.507 e. The molecule has 0 unspecified atom stereocenters. The van der Waals surface area contributed by atoms with Crippen LogP contribution in [0.3, 0.4) is 0 Å². The summed E-state index contributed by atoms with van der Waals surface area (Å²) in [6.07, 6.45) is 4.79. The minimum absolute atomic E-state index is 0.0666. The highest BCUT2D eigenvalue weighted by atomic mass is 16.5. The Hall–Kier alpha value is -3.93. The molecule has 0 amide bonds. The highest BCUT2D eigenvalue weighted by Crippen LogP contribution is 2.45. The summed E-state index contributed by atoms with van der Waals surface area (Å²) >= 11 is 0. The summed E-state index contributed by atoms with van der Waals surface area (Å²) in [6, 6.07) is 14.0. The van der Waals surface area contributed by atoms with E-state index in [-0.39, 0.29) is 34.3 Å². The van der Waals surface area contributed by atoms with Gasteiger partial charge in [-0.25, -0.2) is 0 Å². The predicted molar refractivity (Wildman–Crippen MR) is 106 cm³/mol. The zero-order valence-electron chi connectivity index (χ0n) is 15.2. The van der Waals surface area contributed by atoms with Crippen LogP contribution in [0.25, 0.3) is 22.1 Å². The number of aromatic hydroxyl groups is 1. The molecule has 1 aliphatic rings. The Bertz CT molecular complexity index is 1300. The van der Waals surface area contributed by atoms with Crippen LogP contribution in [0, 0.1) is 0 Å². The van der Waals surface area contributed by atoms with Crippen LogP contribution in [0.15, 0.2) is 76.4 Å². The number of hydrogen-bond acceptors (Lipinski definition) is 6. The van der Waals surface area contributed by atoms with Gasteiger partial charge in [0.2, 0.25) is 5.43 Å². The van der Waals surface area contributed by atoms with Crippen LogP contribution < -0.4 is 10.2 Å². The molecule has 1 atom stereocenters. The van der Waals surface area contributed by atoms with Gasteiger partial charge in [-0.1, -0.05) is 36.4 Å². The zero-order chi connectivity index (χ0) is 20.0. The number of ether oxygens (including phenoxy) is 1. The maximum Gasteiger partial charge on any atom is 0.312 e. The number of aromatic nitrogens is 1. The van der Waals surface area contributed by atoms with E-state index >= 15 is 0 Å². The highest BCUT2D eigenvalue weighted by Gasteiger charge is 2.33. The van der Waals surface area contributed by atoms with Gasteiger partial charge in [0.05, 0.1) is 12.0 Å². The Balaban J connectivity index is 1.81. The molecule has 2 aromatic carbocycles. The van der Waals surface area contributed by atoms with E-state index < -0.39 is 11.9 Å². The zero-order valence-corrected chi connectivity index (χ0v) is 15.2. The SMILES string of the molecule is O=C1C[C@@H](c2cccnc2)c2c(cc(O)c3c(=O)c(-c4ccccc4)coc23)O1.